The van der Waals surface area contributed by atoms with Gasteiger partial charge in [0, 0.05) is 34.3 Å². The van der Waals surface area contributed by atoms with E-state index in [4.69, 9.17) is 0 Å². The summed E-state index contributed by atoms with van der Waals surface area (Å²) in [4.78, 5) is 11.8. The second kappa shape index (κ2) is 7.41. The van der Waals surface area contributed by atoms with Crippen molar-refractivity contribution in [2.45, 2.75) is 26.7 Å². The van der Waals surface area contributed by atoms with Crippen LogP contribution in [0.4, 0.5) is 4.39 Å². The molecule has 0 aliphatic rings. The van der Waals surface area contributed by atoms with Crippen LogP contribution >= 0.6 is 0 Å². The van der Waals surface area contributed by atoms with Crippen LogP contribution in [0.5, 0.6) is 0 Å². The van der Waals surface area contributed by atoms with Crippen molar-refractivity contribution < 1.29 is 13.4 Å². The molecule has 0 amide bonds. The van der Waals surface area contributed by atoms with Crippen LogP contribution in [0.1, 0.15) is 37.0 Å². The number of Topliss-reactive ketones (excluding diaryl/α,β-unsaturated/α-hetero) is 1. The van der Waals surface area contributed by atoms with Crippen LogP contribution in [0, 0.1) is 11.7 Å². The first kappa shape index (κ1) is 15.0. The summed E-state index contributed by atoms with van der Waals surface area (Å²) in [5, 5.41) is 0. The molecule has 4 heteroatoms. The third-order valence-corrected chi connectivity index (χ3v) is 4.49. The summed E-state index contributed by atoms with van der Waals surface area (Å²) in [6.45, 7) is 4.12. The molecule has 0 bridgehead atoms. The Morgan fingerprint density at radius 1 is 1.33 bits per heavy atom. The predicted octanol–water partition coefficient (Wildman–Crippen LogP) is 3.19. The average molecular weight is 270 g/mol. The second-order valence-corrected chi connectivity index (χ2v) is 6.13. The van der Waals surface area contributed by atoms with E-state index >= 15 is 0 Å². The number of carbonyl (C=O) groups excluding carboxylic acids is 1. The van der Waals surface area contributed by atoms with Crippen LogP contribution in [0.3, 0.4) is 0 Å². The van der Waals surface area contributed by atoms with Crippen molar-refractivity contribution in [3.05, 3.63) is 35.6 Å². The topological polar surface area (TPSA) is 34.1 Å². The number of hydrogen-bond donors (Lipinski definition) is 0. The fraction of sp³-hybridized carbons (Fsp3) is 0.500. The molecular weight excluding hydrogens is 251 g/mol. The maximum Gasteiger partial charge on any atom is 0.163 e. The Morgan fingerprint density at radius 2 is 1.94 bits per heavy atom. The first-order chi connectivity index (χ1) is 8.52. The molecule has 2 atom stereocenters. The number of carbonyl (C=O) groups is 1. The van der Waals surface area contributed by atoms with Gasteiger partial charge in [-0.1, -0.05) is 20.3 Å². The highest BCUT2D eigenvalue weighted by molar-refractivity contribution is 7.85. The number of rotatable bonds is 7. The Morgan fingerprint density at radius 3 is 2.50 bits per heavy atom. The quantitative estimate of drug-likeness (QED) is 0.713. The molecule has 0 fully saturated rings. The molecule has 100 valence electrons. The van der Waals surface area contributed by atoms with E-state index in [1.54, 1.807) is 0 Å². The molecule has 18 heavy (non-hydrogen) atoms. The van der Waals surface area contributed by atoms with E-state index in [0.717, 1.165) is 6.42 Å². The zero-order chi connectivity index (χ0) is 13.5. The molecule has 0 aliphatic carbocycles. The normalized spacial score (nSPS) is 14.2. The molecule has 1 aromatic rings. The molecule has 0 aliphatic heterocycles. The molecule has 1 aromatic carbocycles. The lowest BCUT2D eigenvalue weighted by Gasteiger charge is -2.07. The molecule has 0 heterocycles. The van der Waals surface area contributed by atoms with Gasteiger partial charge in [-0.25, -0.2) is 4.39 Å². The van der Waals surface area contributed by atoms with Gasteiger partial charge in [0.15, 0.2) is 5.78 Å². The van der Waals surface area contributed by atoms with Crippen molar-refractivity contribution >= 4 is 16.6 Å². The van der Waals surface area contributed by atoms with Gasteiger partial charge in [0.25, 0.3) is 0 Å². The number of benzene rings is 1. The minimum absolute atomic E-state index is 0.0764. The fourth-order valence-electron chi connectivity index (χ4n) is 1.51. The van der Waals surface area contributed by atoms with Crippen LogP contribution < -0.4 is 0 Å². The monoisotopic (exact) mass is 270 g/mol. The first-order valence-corrected chi connectivity index (χ1v) is 7.65. The SMILES string of the molecule is CCC(C)CS(=O)CCC(=O)c1ccc(F)cc1. The summed E-state index contributed by atoms with van der Waals surface area (Å²) < 4.78 is 24.4. The van der Waals surface area contributed by atoms with E-state index in [-0.39, 0.29) is 18.0 Å². The highest BCUT2D eigenvalue weighted by Crippen LogP contribution is 2.08. The summed E-state index contributed by atoms with van der Waals surface area (Å²) in [5.74, 6) is 1.03. The van der Waals surface area contributed by atoms with Gasteiger partial charge in [-0.05, 0) is 30.2 Å². The lowest BCUT2D eigenvalue weighted by molar-refractivity contribution is 0.0989. The average Bonchev–Trinajstić information content (AvgIpc) is 2.36. The van der Waals surface area contributed by atoms with E-state index in [1.165, 1.54) is 24.3 Å². The molecule has 0 spiro atoms. The summed E-state index contributed by atoms with van der Waals surface area (Å²) in [5.41, 5.74) is 0.483. The van der Waals surface area contributed by atoms with Crippen molar-refractivity contribution in [1.82, 2.24) is 0 Å². The lowest BCUT2D eigenvalue weighted by atomic mass is 10.1. The Hall–Kier alpha value is -1.03. The molecule has 0 aromatic heterocycles. The molecule has 1 rings (SSSR count). The smallest absolute Gasteiger partial charge is 0.163 e. The van der Waals surface area contributed by atoms with Crippen LogP contribution in [0.15, 0.2) is 24.3 Å². The summed E-state index contributed by atoms with van der Waals surface area (Å²) in [6.07, 6.45) is 1.26. The highest BCUT2D eigenvalue weighted by Gasteiger charge is 2.10. The zero-order valence-electron chi connectivity index (χ0n) is 10.8. The van der Waals surface area contributed by atoms with Crippen molar-refractivity contribution in [2.24, 2.45) is 5.92 Å². The van der Waals surface area contributed by atoms with Gasteiger partial charge in [0.1, 0.15) is 5.82 Å². The Kier molecular flexibility index (Phi) is 6.19. The molecule has 2 nitrogen and oxygen atoms in total. The van der Waals surface area contributed by atoms with E-state index in [2.05, 4.69) is 13.8 Å². The van der Waals surface area contributed by atoms with Crippen LogP contribution in [0.2, 0.25) is 0 Å². The van der Waals surface area contributed by atoms with Crippen molar-refractivity contribution in [1.29, 1.82) is 0 Å². The van der Waals surface area contributed by atoms with E-state index < -0.39 is 10.8 Å². The van der Waals surface area contributed by atoms with Crippen molar-refractivity contribution in [3.8, 4) is 0 Å². The third-order valence-electron chi connectivity index (χ3n) is 2.89. The van der Waals surface area contributed by atoms with Gasteiger partial charge in [-0.3, -0.25) is 9.00 Å². The molecule has 2 unspecified atom stereocenters. The van der Waals surface area contributed by atoms with Gasteiger partial charge in [0.2, 0.25) is 0 Å². The van der Waals surface area contributed by atoms with Gasteiger partial charge in [-0.15, -0.1) is 0 Å². The maximum absolute atomic E-state index is 12.7. The van der Waals surface area contributed by atoms with Gasteiger partial charge >= 0.3 is 0 Å². The fourth-order valence-corrected chi connectivity index (χ4v) is 2.96. The molecule has 0 saturated carbocycles. The Bertz CT molecular complexity index is 414. The number of halogens is 1. The van der Waals surface area contributed by atoms with Gasteiger partial charge < -0.3 is 0 Å². The van der Waals surface area contributed by atoms with Gasteiger partial charge in [0.05, 0.1) is 0 Å². The third kappa shape index (κ3) is 5.08. The van der Waals surface area contributed by atoms with E-state index in [1.807, 2.05) is 0 Å². The summed E-state index contributed by atoms with van der Waals surface area (Å²) in [6, 6.07) is 5.47. The Labute approximate surface area is 110 Å². The predicted molar refractivity (Wildman–Crippen MR) is 72.7 cm³/mol. The summed E-state index contributed by atoms with van der Waals surface area (Å²) >= 11 is 0. The number of hydrogen-bond acceptors (Lipinski definition) is 2. The van der Waals surface area contributed by atoms with Crippen LogP contribution in [-0.2, 0) is 10.8 Å². The van der Waals surface area contributed by atoms with Gasteiger partial charge in [-0.2, -0.15) is 0 Å². The van der Waals surface area contributed by atoms with Crippen LogP contribution in [-0.4, -0.2) is 21.5 Å². The molecule has 0 saturated heterocycles. The molecule has 0 radical (unpaired) electrons. The minimum Gasteiger partial charge on any atom is -0.294 e. The standard InChI is InChI=1S/C14H19FO2S/c1-3-11(2)10-18(17)9-8-14(16)12-4-6-13(15)7-5-12/h4-7,11H,3,8-10H2,1-2H3. The largest absolute Gasteiger partial charge is 0.294 e. The number of ketones is 1. The van der Waals surface area contributed by atoms with Crippen molar-refractivity contribution in [3.63, 3.8) is 0 Å². The van der Waals surface area contributed by atoms with Crippen LogP contribution in [0.25, 0.3) is 0 Å². The Balaban J connectivity index is 2.41. The van der Waals surface area contributed by atoms with Crippen molar-refractivity contribution in [2.75, 3.05) is 11.5 Å². The molecule has 0 N–H and O–H groups in total. The highest BCUT2D eigenvalue weighted by atomic mass is 32.2. The molecular formula is C14H19FO2S. The first-order valence-electron chi connectivity index (χ1n) is 6.16. The minimum atomic E-state index is -0.944. The second-order valence-electron chi connectivity index (χ2n) is 4.50. The van der Waals surface area contributed by atoms with E-state index in [0.29, 0.717) is 23.0 Å². The zero-order valence-corrected chi connectivity index (χ0v) is 11.6. The lowest BCUT2D eigenvalue weighted by Crippen LogP contribution is -2.13. The summed E-state index contributed by atoms with van der Waals surface area (Å²) in [7, 11) is -0.944. The maximum atomic E-state index is 12.7. The van der Waals surface area contributed by atoms with E-state index in [9.17, 15) is 13.4 Å².